The van der Waals surface area contributed by atoms with Gasteiger partial charge >= 0.3 is 0 Å². The van der Waals surface area contributed by atoms with E-state index in [-0.39, 0.29) is 0 Å². The number of rotatable bonds is 1. The van der Waals surface area contributed by atoms with E-state index < -0.39 is 0 Å². The predicted molar refractivity (Wildman–Crippen MR) is 47.8 cm³/mol. The Morgan fingerprint density at radius 1 is 1.55 bits per heavy atom. The Hall–Kier alpha value is -0.830. The molecule has 0 aromatic carbocycles. The maximum atomic E-state index is 8.51. The molecule has 1 aromatic heterocycles. The minimum atomic E-state index is 0.687. The molecule has 3 heteroatoms. The summed E-state index contributed by atoms with van der Waals surface area (Å²) in [5.74, 6) is 0. The lowest BCUT2D eigenvalue weighted by Crippen LogP contribution is -1.92. The third kappa shape index (κ3) is 1.60. The first-order chi connectivity index (χ1) is 5.15. The molecule has 0 atom stereocenters. The van der Waals surface area contributed by atoms with Crippen LogP contribution >= 0.6 is 11.3 Å². The summed E-state index contributed by atoms with van der Waals surface area (Å²) in [5, 5.41) is 11.7. The van der Waals surface area contributed by atoms with E-state index >= 15 is 0 Å². The highest BCUT2D eigenvalue weighted by Crippen LogP contribution is 2.20. The monoisotopic (exact) mass is 169 g/mol. The van der Waals surface area contributed by atoms with Crippen LogP contribution in [0.5, 0.6) is 0 Å². The zero-order valence-electron chi connectivity index (χ0n) is 6.88. The van der Waals surface area contributed by atoms with E-state index in [0.717, 1.165) is 5.56 Å². The second kappa shape index (κ2) is 3.05. The van der Waals surface area contributed by atoms with Gasteiger partial charge in [-0.1, -0.05) is 5.16 Å². The van der Waals surface area contributed by atoms with Crippen molar-refractivity contribution >= 4 is 17.0 Å². The van der Waals surface area contributed by atoms with E-state index in [1.165, 1.54) is 9.75 Å². The Labute approximate surface area is 70.2 Å². The lowest BCUT2D eigenvalue weighted by atomic mass is 10.2. The molecule has 60 valence electrons. The molecule has 0 amide bonds. The van der Waals surface area contributed by atoms with Gasteiger partial charge in [-0.3, -0.25) is 0 Å². The summed E-state index contributed by atoms with van der Waals surface area (Å²) in [4.78, 5) is 2.46. The summed E-state index contributed by atoms with van der Waals surface area (Å²) < 4.78 is 0. The fourth-order valence-electron chi connectivity index (χ4n) is 1.04. The molecule has 1 N–H and O–H groups in total. The SMILES string of the molecule is C/C(=N/O)c1cc(C)sc1C. The van der Waals surface area contributed by atoms with Crippen LogP contribution in [0.4, 0.5) is 0 Å². The first kappa shape index (κ1) is 8.27. The van der Waals surface area contributed by atoms with Crippen molar-refractivity contribution in [3.8, 4) is 0 Å². The number of hydrogen-bond donors (Lipinski definition) is 1. The molecular weight excluding hydrogens is 158 g/mol. The van der Waals surface area contributed by atoms with Gasteiger partial charge in [0.05, 0.1) is 5.71 Å². The van der Waals surface area contributed by atoms with Gasteiger partial charge in [-0.2, -0.15) is 0 Å². The van der Waals surface area contributed by atoms with Crippen molar-refractivity contribution in [2.45, 2.75) is 20.8 Å². The molecule has 0 spiro atoms. The normalized spacial score (nSPS) is 12.1. The lowest BCUT2D eigenvalue weighted by molar-refractivity contribution is 0.319. The highest BCUT2D eigenvalue weighted by Gasteiger charge is 2.05. The van der Waals surface area contributed by atoms with Crippen LogP contribution in [0.25, 0.3) is 0 Å². The van der Waals surface area contributed by atoms with Crippen molar-refractivity contribution in [3.05, 3.63) is 21.4 Å². The van der Waals surface area contributed by atoms with Crippen LogP contribution in [0.1, 0.15) is 22.2 Å². The Bertz CT molecular complexity index is 288. The highest BCUT2D eigenvalue weighted by atomic mass is 32.1. The van der Waals surface area contributed by atoms with Crippen LogP contribution in [0, 0.1) is 13.8 Å². The van der Waals surface area contributed by atoms with Crippen molar-refractivity contribution in [2.24, 2.45) is 5.16 Å². The van der Waals surface area contributed by atoms with Gasteiger partial charge in [-0.25, -0.2) is 0 Å². The van der Waals surface area contributed by atoms with Crippen molar-refractivity contribution in [1.82, 2.24) is 0 Å². The summed E-state index contributed by atoms with van der Waals surface area (Å²) in [6.45, 7) is 5.88. The molecule has 0 fully saturated rings. The second-order valence-corrected chi connectivity index (χ2v) is 3.97. The van der Waals surface area contributed by atoms with Crippen molar-refractivity contribution < 1.29 is 5.21 Å². The molecule has 1 heterocycles. The number of nitrogens with zero attached hydrogens (tertiary/aromatic N) is 1. The lowest BCUT2D eigenvalue weighted by Gasteiger charge is -1.93. The van der Waals surface area contributed by atoms with Crippen molar-refractivity contribution in [2.75, 3.05) is 0 Å². The van der Waals surface area contributed by atoms with Gasteiger partial charge in [-0.15, -0.1) is 11.3 Å². The second-order valence-electron chi connectivity index (χ2n) is 2.51. The zero-order chi connectivity index (χ0) is 8.43. The third-order valence-corrected chi connectivity index (χ3v) is 2.55. The number of aryl methyl sites for hydroxylation is 2. The molecule has 0 aliphatic carbocycles. The largest absolute Gasteiger partial charge is 0.411 e. The molecule has 1 rings (SSSR count). The molecule has 0 saturated heterocycles. The van der Waals surface area contributed by atoms with Gasteiger partial charge in [-0.05, 0) is 26.8 Å². The first-order valence-electron chi connectivity index (χ1n) is 3.41. The molecule has 0 aliphatic rings. The van der Waals surface area contributed by atoms with E-state index in [4.69, 9.17) is 5.21 Å². The summed E-state index contributed by atoms with van der Waals surface area (Å²) >= 11 is 1.72. The van der Waals surface area contributed by atoms with Crippen molar-refractivity contribution in [1.29, 1.82) is 0 Å². The van der Waals surface area contributed by atoms with Gasteiger partial charge in [0.25, 0.3) is 0 Å². The number of thiophene rings is 1. The molecular formula is C8H11NOS. The van der Waals surface area contributed by atoms with Crippen LogP contribution < -0.4 is 0 Å². The van der Waals surface area contributed by atoms with Crippen LogP contribution in [-0.2, 0) is 0 Å². The minimum Gasteiger partial charge on any atom is -0.411 e. The quantitative estimate of drug-likeness (QED) is 0.391. The van der Waals surface area contributed by atoms with Gasteiger partial charge in [0.1, 0.15) is 0 Å². The molecule has 1 aromatic rings. The topological polar surface area (TPSA) is 32.6 Å². The summed E-state index contributed by atoms with van der Waals surface area (Å²) in [7, 11) is 0. The average molecular weight is 169 g/mol. The number of oxime groups is 1. The third-order valence-electron chi connectivity index (χ3n) is 1.58. The molecule has 0 radical (unpaired) electrons. The Balaban J connectivity index is 3.13. The molecule has 11 heavy (non-hydrogen) atoms. The van der Waals surface area contributed by atoms with E-state index in [0.29, 0.717) is 5.71 Å². The van der Waals surface area contributed by atoms with Crippen molar-refractivity contribution in [3.63, 3.8) is 0 Å². The summed E-state index contributed by atoms with van der Waals surface area (Å²) in [6.07, 6.45) is 0. The molecule has 0 aliphatic heterocycles. The summed E-state index contributed by atoms with van der Waals surface area (Å²) in [5.41, 5.74) is 1.74. The van der Waals surface area contributed by atoms with Gasteiger partial charge in [0.15, 0.2) is 0 Å². The zero-order valence-corrected chi connectivity index (χ0v) is 7.70. The van der Waals surface area contributed by atoms with Gasteiger partial charge in [0, 0.05) is 15.3 Å². The van der Waals surface area contributed by atoms with E-state index in [1.807, 2.05) is 19.9 Å². The van der Waals surface area contributed by atoms with E-state index in [2.05, 4.69) is 5.16 Å². The van der Waals surface area contributed by atoms with E-state index in [1.54, 1.807) is 18.3 Å². The average Bonchev–Trinajstić information content (AvgIpc) is 2.28. The van der Waals surface area contributed by atoms with Crippen LogP contribution in [0.3, 0.4) is 0 Å². The standard InChI is InChI=1S/C8H11NOS/c1-5-4-8(6(2)9-10)7(3)11-5/h4,10H,1-3H3/b9-6-. The Morgan fingerprint density at radius 3 is 2.55 bits per heavy atom. The minimum absolute atomic E-state index is 0.687. The Kier molecular flexibility index (Phi) is 2.29. The fourth-order valence-corrected chi connectivity index (χ4v) is 2.02. The molecule has 0 bridgehead atoms. The molecule has 2 nitrogen and oxygen atoms in total. The fraction of sp³-hybridized carbons (Fsp3) is 0.375. The van der Waals surface area contributed by atoms with Crippen LogP contribution in [-0.4, -0.2) is 10.9 Å². The molecule has 0 saturated carbocycles. The molecule has 0 unspecified atom stereocenters. The first-order valence-corrected chi connectivity index (χ1v) is 4.23. The van der Waals surface area contributed by atoms with Crippen LogP contribution in [0.2, 0.25) is 0 Å². The van der Waals surface area contributed by atoms with Gasteiger partial charge in [0.2, 0.25) is 0 Å². The predicted octanol–water partition coefficient (Wildman–Crippen LogP) is 2.56. The highest BCUT2D eigenvalue weighted by molar-refractivity contribution is 7.12. The Morgan fingerprint density at radius 2 is 2.18 bits per heavy atom. The van der Waals surface area contributed by atoms with Gasteiger partial charge < -0.3 is 5.21 Å². The smallest absolute Gasteiger partial charge is 0.0848 e. The number of hydrogen-bond acceptors (Lipinski definition) is 3. The van der Waals surface area contributed by atoms with Crippen LogP contribution in [0.15, 0.2) is 11.2 Å². The summed E-state index contributed by atoms with van der Waals surface area (Å²) in [6, 6.07) is 2.04. The maximum absolute atomic E-state index is 8.51. The maximum Gasteiger partial charge on any atom is 0.0848 e. The van der Waals surface area contributed by atoms with E-state index in [9.17, 15) is 0 Å².